The Kier molecular flexibility index (Phi) is 5.44. The monoisotopic (exact) mass is 255 g/mol. The first-order valence-corrected chi connectivity index (χ1v) is 6.76. The fraction of sp³-hybridized carbons (Fsp3) is 0.455. The molecule has 5 heteroatoms. The second-order valence-corrected chi connectivity index (χ2v) is 4.88. The first kappa shape index (κ1) is 13.1. The summed E-state index contributed by atoms with van der Waals surface area (Å²) >= 11 is 7.62. The van der Waals surface area contributed by atoms with Gasteiger partial charge >= 0.3 is 0 Å². The molecule has 86 valence electrons. The molecule has 0 radical (unpaired) electrons. The van der Waals surface area contributed by atoms with Crippen molar-refractivity contribution in [1.29, 1.82) is 5.26 Å². The maximum atomic E-state index is 8.79. The summed E-state index contributed by atoms with van der Waals surface area (Å²) in [6.45, 7) is 2.09. The van der Waals surface area contributed by atoms with Crippen LogP contribution in [0.3, 0.4) is 0 Å². The van der Waals surface area contributed by atoms with Crippen molar-refractivity contribution in [3.63, 3.8) is 0 Å². The lowest BCUT2D eigenvalue weighted by Crippen LogP contribution is -2.16. The predicted molar refractivity (Wildman–Crippen MR) is 70.0 cm³/mol. The van der Waals surface area contributed by atoms with Gasteiger partial charge in [-0.1, -0.05) is 11.6 Å². The Morgan fingerprint density at radius 1 is 1.62 bits per heavy atom. The number of hydrogen-bond donors (Lipinski definition) is 1. The zero-order chi connectivity index (χ0) is 12.0. The van der Waals surface area contributed by atoms with Crippen LogP contribution in [0.5, 0.6) is 0 Å². The Morgan fingerprint density at radius 3 is 3.00 bits per heavy atom. The number of thioether (sulfide) groups is 1. The van der Waals surface area contributed by atoms with E-state index in [4.69, 9.17) is 16.9 Å². The molecule has 0 saturated carbocycles. The molecule has 1 rings (SSSR count). The lowest BCUT2D eigenvalue weighted by atomic mass is 10.2. The third-order valence-electron chi connectivity index (χ3n) is 2.07. The van der Waals surface area contributed by atoms with E-state index >= 15 is 0 Å². The van der Waals surface area contributed by atoms with Gasteiger partial charge in [-0.3, -0.25) is 0 Å². The second kappa shape index (κ2) is 6.62. The molecule has 0 saturated heterocycles. The number of aromatic nitrogens is 1. The van der Waals surface area contributed by atoms with Crippen LogP contribution in [0.4, 0.5) is 5.82 Å². The molecule has 1 atom stereocenters. The standard InChI is InChI=1S/C11H14ClN3S/c1-8(3-4-16-2)14-11-6-9(7-13)5-10(12)15-11/h5-6,8H,3-4H2,1-2H3,(H,14,15). The molecule has 1 aromatic rings. The Balaban J connectivity index is 2.66. The van der Waals surface area contributed by atoms with Crippen LogP contribution < -0.4 is 5.32 Å². The zero-order valence-corrected chi connectivity index (χ0v) is 10.9. The first-order valence-electron chi connectivity index (χ1n) is 4.99. The molecule has 0 aliphatic heterocycles. The largest absolute Gasteiger partial charge is 0.368 e. The van der Waals surface area contributed by atoms with Gasteiger partial charge < -0.3 is 5.32 Å². The molecule has 3 nitrogen and oxygen atoms in total. The summed E-state index contributed by atoms with van der Waals surface area (Å²) in [6.07, 6.45) is 3.13. The van der Waals surface area contributed by atoms with E-state index < -0.39 is 0 Å². The van der Waals surface area contributed by atoms with Gasteiger partial charge in [0.05, 0.1) is 11.6 Å². The minimum atomic E-state index is 0.324. The molecule has 0 bridgehead atoms. The molecular weight excluding hydrogens is 242 g/mol. The summed E-state index contributed by atoms with van der Waals surface area (Å²) in [5.74, 6) is 1.76. The summed E-state index contributed by atoms with van der Waals surface area (Å²) in [6, 6.07) is 5.64. The van der Waals surface area contributed by atoms with Crippen molar-refractivity contribution in [3.05, 3.63) is 22.8 Å². The molecule has 1 aromatic heterocycles. The molecule has 0 spiro atoms. The Bertz CT molecular complexity index is 389. The molecule has 1 unspecified atom stereocenters. The highest BCUT2D eigenvalue weighted by Gasteiger charge is 2.05. The van der Waals surface area contributed by atoms with E-state index in [0.717, 1.165) is 12.2 Å². The van der Waals surface area contributed by atoms with Crippen LogP contribution in [0.1, 0.15) is 18.9 Å². The van der Waals surface area contributed by atoms with E-state index in [1.54, 1.807) is 12.1 Å². The molecule has 1 N–H and O–H groups in total. The highest BCUT2D eigenvalue weighted by atomic mass is 35.5. The molecule has 16 heavy (non-hydrogen) atoms. The van der Waals surface area contributed by atoms with Crippen molar-refractivity contribution < 1.29 is 0 Å². The molecule has 0 fully saturated rings. The van der Waals surface area contributed by atoms with Crippen molar-refractivity contribution in [2.75, 3.05) is 17.3 Å². The quantitative estimate of drug-likeness (QED) is 0.821. The van der Waals surface area contributed by atoms with Gasteiger partial charge in [0.1, 0.15) is 11.0 Å². The number of hydrogen-bond acceptors (Lipinski definition) is 4. The van der Waals surface area contributed by atoms with Gasteiger partial charge in [-0.2, -0.15) is 17.0 Å². The van der Waals surface area contributed by atoms with E-state index in [2.05, 4.69) is 29.5 Å². The van der Waals surface area contributed by atoms with Crippen molar-refractivity contribution in [2.45, 2.75) is 19.4 Å². The summed E-state index contributed by atoms with van der Waals surface area (Å²) < 4.78 is 0. The molecular formula is C11H14ClN3S. The van der Waals surface area contributed by atoms with Crippen LogP contribution >= 0.6 is 23.4 Å². The molecule has 0 aliphatic carbocycles. The number of pyridine rings is 1. The van der Waals surface area contributed by atoms with Gasteiger partial charge in [0.15, 0.2) is 0 Å². The smallest absolute Gasteiger partial charge is 0.132 e. The molecule has 0 aromatic carbocycles. The maximum absolute atomic E-state index is 8.79. The van der Waals surface area contributed by atoms with Crippen LogP contribution in [0.25, 0.3) is 0 Å². The summed E-state index contributed by atoms with van der Waals surface area (Å²) in [4.78, 5) is 4.13. The van der Waals surface area contributed by atoms with Gasteiger partial charge in [-0.25, -0.2) is 4.98 Å². The van der Waals surface area contributed by atoms with Gasteiger partial charge in [-0.15, -0.1) is 0 Å². The fourth-order valence-electron chi connectivity index (χ4n) is 1.25. The summed E-state index contributed by atoms with van der Waals surface area (Å²) in [7, 11) is 0. The SMILES string of the molecule is CSCCC(C)Nc1cc(C#N)cc(Cl)n1. The number of rotatable bonds is 5. The first-order chi connectivity index (χ1) is 7.65. The van der Waals surface area contributed by atoms with Crippen LogP contribution in [0.15, 0.2) is 12.1 Å². The van der Waals surface area contributed by atoms with E-state index in [9.17, 15) is 0 Å². The lowest BCUT2D eigenvalue weighted by molar-refractivity contribution is 0.767. The number of nitrogens with one attached hydrogen (secondary N) is 1. The topological polar surface area (TPSA) is 48.7 Å². The fourth-order valence-corrected chi connectivity index (χ4v) is 2.05. The minimum absolute atomic E-state index is 0.324. The second-order valence-electron chi connectivity index (χ2n) is 3.50. The van der Waals surface area contributed by atoms with Gasteiger partial charge in [-0.05, 0) is 37.5 Å². The van der Waals surface area contributed by atoms with Crippen molar-refractivity contribution in [1.82, 2.24) is 4.98 Å². The van der Waals surface area contributed by atoms with Crippen molar-refractivity contribution in [2.24, 2.45) is 0 Å². The van der Waals surface area contributed by atoms with E-state index in [-0.39, 0.29) is 0 Å². The lowest BCUT2D eigenvalue weighted by Gasteiger charge is -2.13. The van der Waals surface area contributed by atoms with E-state index in [0.29, 0.717) is 22.6 Å². The van der Waals surface area contributed by atoms with E-state index in [1.807, 2.05) is 11.8 Å². The Labute approximate surface area is 105 Å². The van der Waals surface area contributed by atoms with Crippen LogP contribution in [-0.4, -0.2) is 23.0 Å². The molecule has 0 amide bonds. The van der Waals surface area contributed by atoms with Gasteiger partial charge in [0, 0.05) is 6.04 Å². The van der Waals surface area contributed by atoms with Crippen LogP contribution in [0.2, 0.25) is 5.15 Å². The average Bonchev–Trinajstić information content (AvgIpc) is 2.25. The highest BCUT2D eigenvalue weighted by molar-refractivity contribution is 7.98. The van der Waals surface area contributed by atoms with Crippen molar-refractivity contribution >= 4 is 29.2 Å². The Hall–Kier alpha value is -0.920. The number of nitriles is 1. The number of anilines is 1. The average molecular weight is 256 g/mol. The van der Waals surface area contributed by atoms with Crippen molar-refractivity contribution in [3.8, 4) is 6.07 Å². The van der Waals surface area contributed by atoms with Crippen LogP contribution in [0, 0.1) is 11.3 Å². The summed E-state index contributed by atoms with van der Waals surface area (Å²) in [5.41, 5.74) is 0.527. The van der Waals surface area contributed by atoms with Gasteiger partial charge in [0.2, 0.25) is 0 Å². The number of nitrogens with zero attached hydrogens (tertiary/aromatic N) is 2. The molecule has 1 heterocycles. The molecule has 0 aliphatic rings. The minimum Gasteiger partial charge on any atom is -0.368 e. The zero-order valence-electron chi connectivity index (χ0n) is 9.33. The van der Waals surface area contributed by atoms with Crippen LogP contribution in [-0.2, 0) is 0 Å². The normalized spacial score (nSPS) is 11.9. The highest BCUT2D eigenvalue weighted by Crippen LogP contribution is 2.15. The summed E-state index contributed by atoms with van der Waals surface area (Å²) in [5, 5.41) is 12.4. The Morgan fingerprint density at radius 2 is 2.38 bits per heavy atom. The maximum Gasteiger partial charge on any atom is 0.132 e. The predicted octanol–water partition coefficient (Wildman–Crippen LogP) is 3.16. The van der Waals surface area contributed by atoms with E-state index in [1.165, 1.54) is 0 Å². The van der Waals surface area contributed by atoms with Gasteiger partial charge in [0.25, 0.3) is 0 Å². The third-order valence-corrected chi connectivity index (χ3v) is 2.91. The third kappa shape index (κ3) is 4.30. The number of halogens is 1.